The molecule has 1 heterocycles. The molecule has 27 heavy (non-hydrogen) atoms. The van der Waals surface area contributed by atoms with Gasteiger partial charge < -0.3 is 9.73 Å². The molecule has 1 amide bonds. The Bertz CT molecular complexity index is 1050. The lowest BCUT2D eigenvalue weighted by Crippen LogP contribution is -2.23. The lowest BCUT2D eigenvalue weighted by Gasteiger charge is -2.10. The van der Waals surface area contributed by atoms with Crippen LogP contribution >= 0.6 is 11.6 Å². The predicted molar refractivity (Wildman–Crippen MR) is 98.5 cm³/mol. The van der Waals surface area contributed by atoms with E-state index in [2.05, 4.69) is 10.0 Å². The summed E-state index contributed by atoms with van der Waals surface area (Å²) in [5, 5.41) is 2.40. The molecule has 0 fully saturated rings. The number of benzene rings is 2. The van der Waals surface area contributed by atoms with Crippen LogP contribution in [0.25, 0.3) is 0 Å². The molecular formula is C18H14ClFN2O4S. The minimum Gasteiger partial charge on any atom is -0.468 e. The second kappa shape index (κ2) is 7.91. The zero-order chi connectivity index (χ0) is 19.4. The van der Waals surface area contributed by atoms with Crippen molar-refractivity contribution in [3.8, 4) is 0 Å². The summed E-state index contributed by atoms with van der Waals surface area (Å²) < 4.78 is 46.1. The van der Waals surface area contributed by atoms with Crippen LogP contribution in [0, 0.1) is 5.82 Å². The highest BCUT2D eigenvalue weighted by atomic mass is 35.5. The highest BCUT2D eigenvalue weighted by Gasteiger charge is 2.18. The Morgan fingerprint density at radius 3 is 2.59 bits per heavy atom. The molecule has 0 radical (unpaired) electrons. The number of amides is 1. The van der Waals surface area contributed by atoms with E-state index >= 15 is 0 Å². The number of sulfonamides is 1. The molecule has 140 valence electrons. The Morgan fingerprint density at radius 1 is 1.11 bits per heavy atom. The zero-order valence-corrected chi connectivity index (χ0v) is 15.4. The molecule has 6 nitrogen and oxygen atoms in total. The first-order chi connectivity index (χ1) is 12.9. The van der Waals surface area contributed by atoms with Gasteiger partial charge in [-0.1, -0.05) is 23.7 Å². The third kappa shape index (κ3) is 4.54. The van der Waals surface area contributed by atoms with Gasteiger partial charge in [0.15, 0.2) is 0 Å². The van der Waals surface area contributed by atoms with Crippen LogP contribution in [0.5, 0.6) is 0 Å². The minimum atomic E-state index is -3.84. The Balaban J connectivity index is 1.78. The van der Waals surface area contributed by atoms with Crippen LogP contribution in [-0.4, -0.2) is 14.3 Å². The van der Waals surface area contributed by atoms with E-state index in [1.807, 2.05) is 0 Å². The summed E-state index contributed by atoms with van der Waals surface area (Å²) in [5.41, 5.74) is -0.136. The summed E-state index contributed by atoms with van der Waals surface area (Å²) in [6.07, 6.45) is 1.44. The van der Waals surface area contributed by atoms with Gasteiger partial charge in [-0.25, -0.2) is 17.5 Å². The van der Waals surface area contributed by atoms with Gasteiger partial charge in [0.2, 0.25) is 10.0 Å². The van der Waals surface area contributed by atoms with E-state index in [9.17, 15) is 17.6 Å². The van der Waals surface area contributed by atoms with Crippen molar-refractivity contribution in [2.24, 2.45) is 0 Å². The van der Waals surface area contributed by atoms with Gasteiger partial charge in [-0.3, -0.25) is 4.79 Å². The van der Waals surface area contributed by atoms with E-state index < -0.39 is 21.7 Å². The second-order valence-corrected chi connectivity index (χ2v) is 7.66. The summed E-state index contributed by atoms with van der Waals surface area (Å²) in [5.74, 6) is -1.10. The van der Waals surface area contributed by atoms with Gasteiger partial charge in [0.1, 0.15) is 11.6 Å². The molecular weight excluding hydrogens is 395 g/mol. The van der Waals surface area contributed by atoms with Crippen LogP contribution in [-0.2, 0) is 16.6 Å². The first kappa shape index (κ1) is 19.1. The molecule has 0 spiro atoms. The molecule has 3 rings (SSSR count). The smallest absolute Gasteiger partial charge is 0.260 e. The maximum Gasteiger partial charge on any atom is 0.260 e. The molecule has 3 aromatic rings. The first-order valence-electron chi connectivity index (χ1n) is 7.74. The molecule has 0 aliphatic heterocycles. The average Bonchev–Trinajstić information content (AvgIpc) is 3.14. The van der Waals surface area contributed by atoms with Crippen molar-refractivity contribution in [1.29, 1.82) is 0 Å². The second-order valence-electron chi connectivity index (χ2n) is 5.48. The molecule has 1 aromatic heterocycles. The fraction of sp³-hybridized carbons (Fsp3) is 0.0556. The van der Waals surface area contributed by atoms with Crippen molar-refractivity contribution in [1.82, 2.24) is 4.72 Å². The van der Waals surface area contributed by atoms with Crippen LogP contribution < -0.4 is 10.0 Å². The average molecular weight is 409 g/mol. The normalized spacial score (nSPS) is 11.3. The van der Waals surface area contributed by atoms with Gasteiger partial charge in [-0.05, 0) is 42.5 Å². The number of nitrogens with one attached hydrogen (secondary N) is 2. The van der Waals surface area contributed by atoms with Crippen molar-refractivity contribution in [2.75, 3.05) is 5.32 Å². The molecule has 0 unspecified atom stereocenters. The molecule has 0 saturated carbocycles. The Labute approximate surface area is 160 Å². The molecule has 0 atom stereocenters. The maximum atomic E-state index is 13.8. The quantitative estimate of drug-likeness (QED) is 0.649. The Hall–Kier alpha value is -2.68. The standard InChI is InChI=1S/C18H14ClFN2O4S/c19-15-7-2-8-16(20)17(15)18(23)22-12-4-1-6-14(10-12)27(24,25)21-11-13-5-3-9-26-13/h1-10,21H,11H2,(H,22,23). The Kier molecular flexibility index (Phi) is 5.59. The van der Waals surface area contributed by atoms with E-state index in [4.69, 9.17) is 16.0 Å². The zero-order valence-electron chi connectivity index (χ0n) is 13.8. The molecule has 0 saturated heterocycles. The van der Waals surface area contributed by atoms with Crippen molar-refractivity contribution in [3.63, 3.8) is 0 Å². The van der Waals surface area contributed by atoms with Gasteiger partial charge in [0.25, 0.3) is 5.91 Å². The van der Waals surface area contributed by atoms with Crippen molar-refractivity contribution in [3.05, 3.63) is 83.0 Å². The van der Waals surface area contributed by atoms with E-state index in [1.54, 1.807) is 12.1 Å². The van der Waals surface area contributed by atoms with E-state index in [0.29, 0.717) is 5.76 Å². The summed E-state index contributed by atoms with van der Waals surface area (Å²) in [6, 6.07) is 12.7. The van der Waals surface area contributed by atoms with Crippen LogP contribution in [0.3, 0.4) is 0 Å². The number of hydrogen-bond donors (Lipinski definition) is 2. The number of carbonyl (C=O) groups excluding carboxylic acids is 1. The minimum absolute atomic E-state index is 0.0171. The molecule has 2 N–H and O–H groups in total. The van der Waals surface area contributed by atoms with Crippen LogP contribution in [0.15, 0.2) is 70.2 Å². The first-order valence-corrected chi connectivity index (χ1v) is 9.60. The molecule has 0 bridgehead atoms. The van der Waals surface area contributed by atoms with E-state index in [-0.39, 0.29) is 27.7 Å². The fourth-order valence-electron chi connectivity index (χ4n) is 2.31. The predicted octanol–water partition coefficient (Wildman–Crippen LogP) is 3.80. The number of carbonyl (C=O) groups is 1. The molecule has 0 aliphatic rings. The molecule has 2 aromatic carbocycles. The monoisotopic (exact) mass is 408 g/mol. The van der Waals surface area contributed by atoms with Crippen LogP contribution in [0.4, 0.5) is 10.1 Å². The van der Waals surface area contributed by atoms with Crippen molar-refractivity contribution >= 4 is 33.2 Å². The lowest BCUT2D eigenvalue weighted by molar-refractivity contribution is 0.102. The van der Waals surface area contributed by atoms with Crippen molar-refractivity contribution < 1.29 is 22.0 Å². The lowest BCUT2D eigenvalue weighted by atomic mass is 10.2. The number of halogens is 2. The highest BCUT2D eigenvalue weighted by molar-refractivity contribution is 7.89. The Morgan fingerprint density at radius 2 is 1.89 bits per heavy atom. The van der Waals surface area contributed by atoms with Crippen molar-refractivity contribution in [2.45, 2.75) is 11.4 Å². The van der Waals surface area contributed by atoms with Crippen LogP contribution in [0.1, 0.15) is 16.1 Å². The third-order valence-corrected chi connectivity index (χ3v) is 5.32. The topological polar surface area (TPSA) is 88.4 Å². The number of furan rings is 1. The highest BCUT2D eigenvalue weighted by Crippen LogP contribution is 2.22. The molecule has 0 aliphatic carbocycles. The molecule has 9 heteroatoms. The third-order valence-electron chi connectivity index (χ3n) is 3.61. The number of rotatable bonds is 6. The van der Waals surface area contributed by atoms with Gasteiger partial charge >= 0.3 is 0 Å². The number of anilines is 1. The van der Waals surface area contributed by atoms with Gasteiger partial charge in [-0.15, -0.1) is 0 Å². The summed E-state index contributed by atoms with van der Waals surface area (Å²) in [4.78, 5) is 12.2. The maximum absolute atomic E-state index is 13.8. The summed E-state index contributed by atoms with van der Waals surface area (Å²) in [6.45, 7) is -0.0171. The largest absolute Gasteiger partial charge is 0.468 e. The van der Waals surface area contributed by atoms with Gasteiger partial charge in [-0.2, -0.15) is 0 Å². The van der Waals surface area contributed by atoms with E-state index in [0.717, 1.165) is 6.07 Å². The summed E-state index contributed by atoms with van der Waals surface area (Å²) >= 11 is 5.87. The summed E-state index contributed by atoms with van der Waals surface area (Å²) in [7, 11) is -3.84. The van der Waals surface area contributed by atoms with Gasteiger partial charge in [0.05, 0.1) is 28.3 Å². The van der Waals surface area contributed by atoms with Crippen LogP contribution in [0.2, 0.25) is 5.02 Å². The fourth-order valence-corrected chi connectivity index (χ4v) is 3.60. The van der Waals surface area contributed by atoms with Gasteiger partial charge in [0, 0.05) is 5.69 Å². The SMILES string of the molecule is O=C(Nc1cccc(S(=O)(=O)NCc2ccco2)c1)c1c(F)cccc1Cl. The number of hydrogen-bond acceptors (Lipinski definition) is 4. The van der Waals surface area contributed by atoms with E-state index in [1.165, 1.54) is 42.7 Å².